The van der Waals surface area contributed by atoms with Gasteiger partial charge in [-0.2, -0.15) is 5.26 Å². The second-order valence-electron chi connectivity index (χ2n) is 4.57. The SMILES string of the molecule is N#Cc1ccc(CC(=N)CN2CCCC2)cc1. The molecule has 1 fully saturated rings. The minimum absolute atomic E-state index is 0.680. The van der Waals surface area contributed by atoms with Crippen LogP contribution < -0.4 is 0 Å². The molecule has 0 spiro atoms. The number of likely N-dealkylation sites (tertiary alicyclic amines) is 1. The fourth-order valence-corrected chi connectivity index (χ4v) is 2.21. The molecule has 0 radical (unpaired) electrons. The van der Waals surface area contributed by atoms with Crippen LogP contribution in [0, 0.1) is 16.7 Å². The molecule has 2 rings (SSSR count). The van der Waals surface area contributed by atoms with Crippen LogP contribution in [0.2, 0.25) is 0 Å². The average Bonchev–Trinajstić information content (AvgIpc) is 2.82. The zero-order chi connectivity index (χ0) is 12.1. The van der Waals surface area contributed by atoms with Crippen LogP contribution in [0.15, 0.2) is 24.3 Å². The Labute approximate surface area is 102 Å². The van der Waals surface area contributed by atoms with Crippen molar-refractivity contribution in [2.24, 2.45) is 0 Å². The summed E-state index contributed by atoms with van der Waals surface area (Å²) in [6, 6.07) is 9.62. The Balaban J connectivity index is 1.86. The molecule has 1 aromatic rings. The lowest BCUT2D eigenvalue weighted by atomic mass is 10.1. The molecule has 1 aromatic carbocycles. The first-order chi connectivity index (χ1) is 8.28. The van der Waals surface area contributed by atoms with Crippen molar-refractivity contribution >= 4 is 5.71 Å². The maximum Gasteiger partial charge on any atom is 0.0991 e. The molecule has 1 saturated heterocycles. The van der Waals surface area contributed by atoms with E-state index >= 15 is 0 Å². The van der Waals surface area contributed by atoms with Gasteiger partial charge in [0.05, 0.1) is 11.6 Å². The summed E-state index contributed by atoms with van der Waals surface area (Å²) in [5, 5.41) is 16.7. The van der Waals surface area contributed by atoms with Crippen LogP contribution in [0.1, 0.15) is 24.0 Å². The first-order valence-corrected chi connectivity index (χ1v) is 6.05. The number of nitrogens with one attached hydrogen (secondary N) is 1. The van der Waals surface area contributed by atoms with Gasteiger partial charge in [-0.1, -0.05) is 12.1 Å². The van der Waals surface area contributed by atoms with Gasteiger partial charge in [-0.05, 0) is 43.6 Å². The summed E-state index contributed by atoms with van der Waals surface area (Å²) < 4.78 is 0. The predicted molar refractivity (Wildman–Crippen MR) is 68.3 cm³/mol. The minimum Gasteiger partial charge on any atom is -0.308 e. The van der Waals surface area contributed by atoms with E-state index in [1.165, 1.54) is 12.8 Å². The van der Waals surface area contributed by atoms with E-state index in [0.29, 0.717) is 12.0 Å². The van der Waals surface area contributed by atoms with Crippen molar-refractivity contribution in [3.63, 3.8) is 0 Å². The quantitative estimate of drug-likeness (QED) is 0.802. The summed E-state index contributed by atoms with van der Waals surface area (Å²) in [4.78, 5) is 2.34. The third kappa shape index (κ3) is 3.40. The Bertz CT molecular complexity index is 422. The molecule has 17 heavy (non-hydrogen) atoms. The number of benzene rings is 1. The summed E-state index contributed by atoms with van der Waals surface area (Å²) >= 11 is 0. The van der Waals surface area contributed by atoms with Gasteiger partial charge in [0.15, 0.2) is 0 Å². The fraction of sp³-hybridized carbons (Fsp3) is 0.429. The summed E-state index contributed by atoms with van der Waals surface area (Å²) in [5.74, 6) is 0. The van der Waals surface area contributed by atoms with E-state index in [0.717, 1.165) is 30.9 Å². The molecule has 1 N–H and O–H groups in total. The highest BCUT2D eigenvalue weighted by Gasteiger charge is 2.13. The molecule has 0 bridgehead atoms. The first-order valence-electron chi connectivity index (χ1n) is 6.05. The Morgan fingerprint density at radius 2 is 1.88 bits per heavy atom. The fourth-order valence-electron chi connectivity index (χ4n) is 2.21. The van der Waals surface area contributed by atoms with Crippen molar-refractivity contribution in [2.45, 2.75) is 19.3 Å². The van der Waals surface area contributed by atoms with Gasteiger partial charge < -0.3 is 5.41 Å². The standard InChI is InChI=1S/C14H17N3/c15-10-13-5-3-12(4-6-13)9-14(16)11-17-7-1-2-8-17/h3-6,16H,1-2,7-9,11H2. The molecule has 0 unspecified atom stereocenters. The summed E-state index contributed by atoms with van der Waals surface area (Å²) in [6.07, 6.45) is 3.23. The number of hydrogen-bond acceptors (Lipinski definition) is 3. The van der Waals surface area contributed by atoms with Crippen LogP contribution in [0.4, 0.5) is 0 Å². The monoisotopic (exact) mass is 227 g/mol. The summed E-state index contributed by atoms with van der Waals surface area (Å²) in [5.41, 5.74) is 2.56. The highest BCUT2D eigenvalue weighted by atomic mass is 15.1. The molecule has 0 amide bonds. The molecule has 88 valence electrons. The normalized spacial score (nSPS) is 15.7. The van der Waals surface area contributed by atoms with Crippen LogP contribution >= 0.6 is 0 Å². The van der Waals surface area contributed by atoms with Crippen molar-refractivity contribution in [3.8, 4) is 6.07 Å². The first kappa shape index (κ1) is 11.8. The smallest absolute Gasteiger partial charge is 0.0991 e. The van der Waals surface area contributed by atoms with Gasteiger partial charge >= 0.3 is 0 Å². The Morgan fingerprint density at radius 3 is 2.47 bits per heavy atom. The molecule has 0 saturated carbocycles. The number of rotatable bonds is 4. The van der Waals surface area contributed by atoms with E-state index in [1.807, 2.05) is 24.3 Å². The molecular formula is C14H17N3. The van der Waals surface area contributed by atoms with Crippen LogP contribution in [0.25, 0.3) is 0 Å². The van der Waals surface area contributed by atoms with E-state index in [9.17, 15) is 0 Å². The third-order valence-corrected chi connectivity index (χ3v) is 3.11. The van der Waals surface area contributed by atoms with Gasteiger partial charge in [0.2, 0.25) is 0 Å². The lowest BCUT2D eigenvalue weighted by Gasteiger charge is -2.15. The van der Waals surface area contributed by atoms with Crippen LogP contribution in [0.5, 0.6) is 0 Å². The Morgan fingerprint density at radius 1 is 1.24 bits per heavy atom. The Hall–Kier alpha value is -1.66. The maximum atomic E-state index is 8.70. The van der Waals surface area contributed by atoms with E-state index < -0.39 is 0 Å². The number of nitrogens with zero attached hydrogens (tertiary/aromatic N) is 2. The molecular weight excluding hydrogens is 210 g/mol. The van der Waals surface area contributed by atoms with E-state index in [1.54, 1.807) is 0 Å². The molecule has 0 aliphatic carbocycles. The van der Waals surface area contributed by atoms with Crippen molar-refractivity contribution in [3.05, 3.63) is 35.4 Å². The van der Waals surface area contributed by atoms with Gasteiger partial charge in [0, 0.05) is 18.7 Å². The van der Waals surface area contributed by atoms with Crippen molar-refractivity contribution in [1.82, 2.24) is 4.90 Å². The largest absolute Gasteiger partial charge is 0.308 e. The zero-order valence-electron chi connectivity index (χ0n) is 9.95. The summed E-state index contributed by atoms with van der Waals surface area (Å²) in [7, 11) is 0. The topological polar surface area (TPSA) is 50.9 Å². The number of nitriles is 1. The van der Waals surface area contributed by atoms with Gasteiger partial charge in [0.1, 0.15) is 0 Å². The highest BCUT2D eigenvalue weighted by Crippen LogP contribution is 2.09. The van der Waals surface area contributed by atoms with Crippen LogP contribution in [-0.2, 0) is 6.42 Å². The Kier molecular flexibility index (Phi) is 3.89. The average molecular weight is 227 g/mol. The predicted octanol–water partition coefficient (Wildman–Crippen LogP) is 2.22. The number of hydrogen-bond donors (Lipinski definition) is 1. The van der Waals surface area contributed by atoms with Gasteiger partial charge in [-0.3, -0.25) is 4.90 Å². The molecule has 1 heterocycles. The molecule has 1 aliphatic heterocycles. The van der Waals surface area contributed by atoms with Crippen LogP contribution in [0.3, 0.4) is 0 Å². The maximum absolute atomic E-state index is 8.70. The molecule has 0 aromatic heterocycles. The molecule has 3 heteroatoms. The summed E-state index contributed by atoms with van der Waals surface area (Å²) in [6.45, 7) is 3.06. The van der Waals surface area contributed by atoms with Gasteiger partial charge in [-0.25, -0.2) is 0 Å². The minimum atomic E-state index is 0.680. The van der Waals surface area contributed by atoms with Crippen molar-refractivity contribution < 1.29 is 0 Å². The third-order valence-electron chi connectivity index (χ3n) is 3.11. The van der Waals surface area contributed by atoms with E-state index in [2.05, 4.69) is 11.0 Å². The van der Waals surface area contributed by atoms with Crippen molar-refractivity contribution in [2.75, 3.05) is 19.6 Å². The van der Waals surface area contributed by atoms with Gasteiger partial charge in [0.25, 0.3) is 0 Å². The molecule has 3 nitrogen and oxygen atoms in total. The lowest BCUT2D eigenvalue weighted by molar-refractivity contribution is 0.386. The lowest BCUT2D eigenvalue weighted by Crippen LogP contribution is -2.27. The van der Waals surface area contributed by atoms with Crippen LogP contribution in [-0.4, -0.2) is 30.2 Å². The second kappa shape index (κ2) is 5.60. The molecule has 1 aliphatic rings. The van der Waals surface area contributed by atoms with E-state index in [4.69, 9.17) is 10.7 Å². The molecule has 0 atom stereocenters. The zero-order valence-corrected chi connectivity index (χ0v) is 9.95. The second-order valence-corrected chi connectivity index (χ2v) is 4.57. The van der Waals surface area contributed by atoms with Crippen molar-refractivity contribution in [1.29, 1.82) is 10.7 Å². The van der Waals surface area contributed by atoms with E-state index in [-0.39, 0.29) is 0 Å². The highest BCUT2D eigenvalue weighted by molar-refractivity contribution is 5.85. The van der Waals surface area contributed by atoms with Gasteiger partial charge in [-0.15, -0.1) is 0 Å².